The Morgan fingerprint density at radius 3 is 2.43 bits per heavy atom. The summed E-state index contributed by atoms with van der Waals surface area (Å²) in [5, 5.41) is 5.52. The average molecular weight is 291 g/mol. The molecule has 0 aromatic heterocycles. The molecule has 0 bridgehead atoms. The topological polar surface area (TPSA) is 93.5 Å². The molecule has 4 N–H and O–H groups in total. The predicted molar refractivity (Wildman–Crippen MR) is 80.1 cm³/mol. The molecule has 1 aromatic rings. The van der Waals surface area contributed by atoms with Gasteiger partial charge in [0.2, 0.25) is 5.91 Å². The van der Waals surface area contributed by atoms with Crippen molar-refractivity contribution in [2.45, 2.75) is 25.3 Å². The Balaban J connectivity index is 1.99. The Bertz CT molecular complexity index is 507. The van der Waals surface area contributed by atoms with Crippen LogP contribution in [0.25, 0.3) is 0 Å². The molecule has 1 heterocycles. The molecule has 1 aliphatic rings. The van der Waals surface area contributed by atoms with Crippen LogP contribution in [0.5, 0.6) is 0 Å². The fraction of sp³-hybridized carbons (Fsp3) is 0.467. The van der Waals surface area contributed by atoms with Gasteiger partial charge in [0, 0.05) is 31.0 Å². The van der Waals surface area contributed by atoms with Crippen LogP contribution in [-0.4, -0.2) is 37.1 Å². The van der Waals surface area contributed by atoms with E-state index in [1.807, 2.05) is 6.92 Å². The van der Waals surface area contributed by atoms with E-state index in [0.29, 0.717) is 43.9 Å². The van der Waals surface area contributed by atoms with Gasteiger partial charge in [-0.2, -0.15) is 0 Å². The molecule has 0 atom stereocenters. The van der Waals surface area contributed by atoms with Crippen molar-refractivity contribution in [2.24, 2.45) is 5.73 Å². The van der Waals surface area contributed by atoms with Crippen molar-refractivity contribution in [1.29, 1.82) is 0 Å². The molecule has 0 unspecified atom stereocenters. The SMILES string of the molecule is CCNC(=O)c1ccc(NC(=O)C2(N)CCOCC2)cc1. The Kier molecular flexibility index (Phi) is 4.93. The molecule has 0 aliphatic carbocycles. The Morgan fingerprint density at radius 1 is 1.24 bits per heavy atom. The highest BCUT2D eigenvalue weighted by atomic mass is 16.5. The van der Waals surface area contributed by atoms with E-state index in [4.69, 9.17) is 10.5 Å². The molecule has 0 saturated carbocycles. The number of anilines is 1. The summed E-state index contributed by atoms with van der Waals surface area (Å²) in [6.45, 7) is 3.44. The van der Waals surface area contributed by atoms with Gasteiger partial charge in [-0.25, -0.2) is 0 Å². The number of nitrogens with one attached hydrogen (secondary N) is 2. The van der Waals surface area contributed by atoms with Crippen molar-refractivity contribution in [3.05, 3.63) is 29.8 Å². The first kappa shape index (κ1) is 15.5. The Labute approximate surface area is 124 Å². The lowest BCUT2D eigenvalue weighted by molar-refractivity contribution is -0.124. The summed E-state index contributed by atoms with van der Waals surface area (Å²) >= 11 is 0. The fourth-order valence-electron chi connectivity index (χ4n) is 2.19. The first-order valence-corrected chi connectivity index (χ1v) is 7.11. The first-order valence-electron chi connectivity index (χ1n) is 7.11. The van der Waals surface area contributed by atoms with Crippen molar-refractivity contribution in [3.8, 4) is 0 Å². The molecular weight excluding hydrogens is 270 g/mol. The monoisotopic (exact) mass is 291 g/mol. The fourth-order valence-corrected chi connectivity index (χ4v) is 2.19. The molecule has 6 heteroatoms. The third kappa shape index (κ3) is 3.80. The molecule has 0 radical (unpaired) electrons. The van der Waals surface area contributed by atoms with E-state index in [9.17, 15) is 9.59 Å². The second-order valence-electron chi connectivity index (χ2n) is 5.16. The molecular formula is C15H21N3O3. The summed E-state index contributed by atoms with van der Waals surface area (Å²) in [5.41, 5.74) is 6.42. The van der Waals surface area contributed by atoms with Crippen molar-refractivity contribution in [1.82, 2.24) is 5.32 Å². The number of hydrogen-bond acceptors (Lipinski definition) is 4. The van der Waals surface area contributed by atoms with Gasteiger partial charge in [-0.15, -0.1) is 0 Å². The van der Waals surface area contributed by atoms with E-state index in [1.54, 1.807) is 24.3 Å². The molecule has 1 aliphatic heterocycles. The van der Waals surface area contributed by atoms with Gasteiger partial charge in [-0.1, -0.05) is 0 Å². The largest absolute Gasteiger partial charge is 0.381 e. The number of carbonyl (C=O) groups is 2. The van der Waals surface area contributed by atoms with Crippen molar-refractivity contribution in [3.63, 3.8) is 0 Å². The van der Waals surface area contributed by atoms with Crippen LogP contribution < -0.4 is 16.4 Å². The lowest BCUT2D eigenvalue weighted by atomic mass is 9.90. The molecule has 2 rings (SSSR count). The lowest BCUT2D eigenvalue weighted by Gasteiger charge is -2.31. The van der Waals surface area contributed by atoms with Crippen LogP contribution in [-0.2, 0) is 9.53 Å². The molecule has 2 amide bonds. The standard InChI is InChI=1S/C15H21N3O3/c1-2-17-13(19)11-3-5-12(6-4-11)18-14(20)15(16)7-9-21-10-8-15/h3-6H,2,7-10,16H2,1H3,(H,17,19)(H,18,20). The number of amides is 2. The summed E-state index contributed by atoms with van der Waals surface area (Å²) in [4.78, 5) is 23.9. The number of ether oxygens (including phenoxy) is 1. The van der Waals surface area contributed by atoms with Crippen molar-refractivity contribution < 1.29 is 14.3 Å². The summed E-state index contributed by atoms with van der Waals surface area (Å²) < 4.78 is 5.23. The zero-order valence-electron chi connectivity index (χ0n) is 12.1. The van der Waals surface area contributed by atoms with Gasteiger partial charge in [0.25, 0.3) is 5.91 Å². The van der Waals surface area contributed by atoms with E-state index in [1.165, 1.54) is 0 Å². The highest BCUT2D eigenvalue weighted by Crippen LogP contribution is 2.20. The van der Waals surface area contributed by atoms with E-state index in [2.05, 4.69) is 10.6 Å². The third-order valence-electron chi connectivity index (χ3n) is 3.58. The van der Waals surface area contributed by atoms with Crippen molar-refractivity contribution >= 4 is 17.5 Å². The summed E-state index contributed by atoms with van der Waals surface area (Å²) in [6, 6.07) is 6.75. The minimum absolute atomic E-state index is 0.130. The minimum Gasteiger partial charge on any atom is -0.381 e. The number of hydrogen-bond donors (Lipinski definition) is 3. The van der Waals surface area contributed by atoms with Crippen LogP contribution in [0, 0.1) is 0 Å². The molecule has 1 saturated heterocycles. The Morgan fingerprint density at radius 2 is 1.86 bits per heavy atom. The molecule has 1 fully saturated rings. The van der Waals surface area contributed by atoms with Crippen LogP contribution in [0.2, 0.25) is 0 Å². The second kappa shape index (κ2) is 6.69. The minimum atomic E-state index is -0.878. The maximum absolute atomic E-state index is 12.2. The van der Waals surface area contributed by atoms with Crippen LogP contribution >= 0.6 is 0 Å². The molecule has 21 heavy (non-hydrogen) atoms. The Hall–Kier alpha value is -1.92. The summed E-state index contributed by atoms with van der Waals surface area (Å²) in [6.07, 6.45) is 1.02. The maximum atomic E-state index is 12.2. The number of nitrogens with two attached hydrogens (primary N) is 1. The van der Waals surface area contributed by atoms with E-state index < -0.39 is 5.54 Å². The summed E-state index contributed by atoms with van der Waals surface area (Å²) in [5.74, 6) is -0.341. The van der Waals surface area contributed by atoms with E-state index >= 15 is 0 Å². The number of carbonyl (C=O) groups excluding carboxylic acids is 2. The quantitative estimate of drug-likeness (QED) is 0.767. The van der Waals surface area contributed by atoms with Gasteiger partial charge in [-0.3, -0.25) is 9.59 Å². The summed E-state index contributed by atoms with van der Waals surface area (Å²) in [7, 11) is 0. The molecule has 0 spiro atoms. The van der Waals surface area contributed by atoms with Gasteiger partial charge >= 0.3 is 0 Å². The van der Waals surface area contributed by atoms with Gasteiger partial charge in [0.15, 0.2) is 0 Å². The first-order chi connectivity index (χ1) is 10.0. The van der Waals surface area contributed by atoms with Crippen molar-refractivity contribution in [2.75, 3.05) is 25.1 Å². The van der Waals surface area contributed by atoms with Gasteiger partial charge in [-0.05, 0) is 44.0 Å². The number of rotatable bonds is 4. The molecule has 6 nitrogen and oxygen atoms in total. The molecule has 114 valence electrons. The third-order valence-corrected chi connectivity index (χ3v) is 3.58. The van der Waals surface area contributed by atoms with Gasteiger partial charge in [0.1, 0.15) is 5.54 Å². The number of benzene rings is 1. The lowest BCUT2D eigenvalue weighted by Crippen LogP contribution is -2.54. The smallest absolute Gasteiger partial charge is 0.251 e. The average Bonchev–Trinajstić information content (AvgIpc) is 2.49. The zero-order chi connectivity index (χ0) is 15.3. The van der Waals surface area contributed by atoms with E-state index in [0.717, 1.165) is 0 Å². The van der Waals surface area contributed by atoms with Gasteiger partial charge < -0.3 is 21.1 Å². The van der Waals surface area contributed by atoms with Crippen LogP contribution in [0.3, 0.4) is 0 Å². The normalized spacial score (nSPS) is 17.0. The zero-order valence-corrected chi connectivity index (χ0v) is 12.1. The van der Waals surface area contributed by atoms with Crippen LogP contribution in [0.4, 0.5) is 5.69 Å². The predicted octanol–water partition coefficient (Wildman–Crippen LogP) is 0.883. The van der Waals surface area contributed by atoms with Crippen LogP contribution in [0.1, 0.15) is 30.1 Å². The van der Waals surface area contributed by atoms with Gasteiger partial charge in [0.05, 0.1) is 0 Å². The van der Waals surface area contributed by atoms with Crippen LogP contribution in [0.15, 0.2) is 24.3 Å². The molecule has 1 aromatic carbocycles. The maximum Gasteiger partial charge on any atom is 0.251 e. The van der Waals surface area contributed by atoms with E-state index in [-0.39, 0.29) is 11.8 Å². The highest BCUT2D eigenvalue weighted by Gasteiger charge is 2.35. The second-order valence-corrected chi connectivity index (χ2v) is 5.16. The highest BCUT2D eigenvalue weighted by molar-refractivity contribution is 5.99.